The summed E-state index contributed by atoms with van der Waals surface area (Å²) in [5.74, 6) is 0. The molecular formula is C14H21F10NO5. The molecule has 6 nitrogen and oxygen atoms in total. The van der Waals surface area contributed by atoms with Gasteiger partial charge >= 0.3 is 24.1 Å². The molecule has 0 aromatic heterocycles. The van der Waals surface area contributed by atoms with Gasteiger partial charge in [0.2, 0.25) is 0 Å². The van der Waals surface area contributed by atoms with E-state index in [0.717, 1.165) is 0 Å². The van der Waals surface area contributed by atoms with Gasteiger partial charge in [-0.2, -0.15) is 39.5 Å². The number of halogens is 10. The van der Waals surface area contributed by atoms with Gasteiger partial charge in [0.1, 0.15) is 0 Å². The molecule has 0 saturated carbocycles. The highest BCUT2D eigenvalue weighted by atomic mass is 19.4. The fourth-order valence-corrected chi connectivity index (χ4v) is 1.91. The summed E-state index contributed by atoms with van der Waals surface area (Å²) < 4.78 is 145. The Kier molecular flexibility index (Phi) is 12.4. The van der Waals surface area contributed by atoms with Crippen LogP contribution in [0.5, 0.6) is 0 Å². The number of hydrogen-bond donors (Lipinski definition) is 1. The highest BCUT2D eigenvalue weighted by molar-refractivity contribution is 5.02. The van der Waals surface area contributed by atoms with Gasteiger partial charge in [-0.05, 0) is 0 Å². The molecule has 182 valence electrons. The fourth-order valence-electron chi connectivity index (χ4n) is 1.91. The first-order valence-electron chi connectivity index (χ1n) is 8.29. The highest BCUT2D eigenvalue weighted by Gasteiger charge is 2.85. The lowest BCUT2D eigenvalue weighted by atomic mass is 10.0. The van der Waals surface area contributed by atoms with Gasteiger partial charge < -0.3 is 24.1 Å². The number of nitrogens with zero attached hydrogens (tertiary/aromatic N) is 1. The first kappa shape index (κ1) is 29.1. The Morgan fingerprint density at radius 2 is 0.933 bits per heavy atom. The van der Waals surface area contributed by atoms with Crippen LogP contribution >= 0.6 is 0 Å². The van der Waals surface area contributed by atoms with Crippen molar-refractivity contribution in [2.24, 2.45) is 0 Å². The number of rotatable bonds is 15. The van der Waals surface area contributed by atoms with Gasteiger partial charge in [0, 0.05) is 0 Å². The summed E-state index contributed by atoms with van der Waals surface area (Å²) in [7, 11) is 0. The van der Waals surface area contributed by atoms with Crippen LogP contribution in [0.1, 0.15) is 0 Å². The van der Waals surface area contributed by atoms with E-state index in [9.17, 15) is 44.0 Å². The van der Waals surface area contributed by atoms with E-state index in [0.29, 0.717) is 0 Å². The van der Waals surface area contributed by atoms with Crippen LogP contribution in [0.25, 0.3) is 0 Å². The van der Waals surface area contributed by atoms with Crippen molar-refractivity contribution in [2.45, 2.75) is 24.1 Å². The van der Waals surface area contributed by atoms with Crippen LogP contribution in [0.2, 0.25) is 0 Å². The van der Waals surface area contributed by atoms with E-state index < -0.39 is 43.8 Å². The molecule has 0 aliphatic carbocycles. The maximum atomic E-state index is 13.4. The molecule has 0 aromatic carbocycles. The summed E-state index contributed by atoms with van der Waals surface area (Å²) in [6.07, 6.45) is -20.6. The smallest absolute Gasteiger partial charge is 0.394 e. The number of ether oxygens (including phenoxy) is 4. The first-order chi connectivity index (χ1) is 13.7. The third kappa shape index (κ3) is 9.05. The van der Waals surface area contributed by atoms with Crippen molar-refractivity contribution in [1.82, 2.24) is 5.12 Å². The Hall–Kier alpha value is -0.940. The zero-order valence-electron chi connectivity index (χ0n) is 15.4. The van der Waals surface area contributed by atoms with Crippen LogP contribution in [0.15, 0.2) is 0 Å². The van der Waals surface area contributed by atoms with Crippen molar-refractivity contribution in [3.05, 3.63) is 0 Å². The average Bonchev–Trinajstić information content (AvgIpc) is 2.56. The van der Waals surface area contributed by atoms with Gasteiger partial charge in [-0.3, -0.25) is 0 Å². The van der Waals surface area contributed by atoms with Gasteiger partial charge in [0.25, 0.3) is 0 Å². The Morgan fingerprint density at radius 1 is 0.567 bits per heavy atom. The molecule has 0 fully saturated rings. The minimum absolute atomic E-state index is 0.0380. The zero-order valence-corrected chi connectivity index (χ0v) is 15.4. The van der Waals surface area contributed by atoms with Crippen LogP contribution < -0.4 is 0 Å². The Balaban J connectivity index is 4.30. The van der Waals surface area contributed by atoms with Crippen molar-refractivity contribution < 1.29 is 68.0 Å². The lowest BCUT2D eigenvalue weighted by molar-refractivity contribution is -0.457. The lowest BCUT2D eigenvalue weighted by Gasteiger charge is -2.38. The predicted octanol–water partition coefficient (Wildman–Crippen LogP) is 2.66. The molecule has 16 heteroatoms. The predicted molar refractivity (Wildman–Crippen MR) is 79.1 cm³/mol. The molecule has 0 heterocycles. The second-order valence-corrected chi connectivity index (χ2v) is 5.49. The van der Waals surface area contributed by atoms with E-state index in [2.05, 4.69) is 4.74 Å². The van der Waals surface area contributed by atoms with Crippen molar-refractivity contribution >= 4 is 0 Å². The Bertz CT molecular complexity index is 422. The molecule has 0 aromatic rings. The van der Waals surface area contributed by atoms with E-state index in [1.807, 2.05) is 0 Å². The normalized spacial score (nSPS) is 14.0. The first-order valence-corrected chi connectivity index (χ1v) is 8.29. The third-order valence-corrected chi connectivity index (χ3v) is 3.31. The summed E-state index contributed by atoms with van der Waals surface area (Å²) in [5.41, 5.74) is -6.43. The van der Waals surface area contributed by atoms with Crippen LogP contribution in [0.3, 0.4) is 0 Å². The van der Waals surface area contributed by atoms with E-state index in [-0.39, 0.29) is 51.4 Å². The Morgan fingerprint density at radius 3 is 1.33 bits per heavy atom. The third-order valence-electron chi connectivity index (χ3n) is 3.31. The van der Waals surface area contributed by atoms with Crippen molar-refractivity contribution in [3.8, 4) is 0 Å². The van der Waals surface area contributed by atoms with Crippen LogP contribution in [-0.4, -0.2) is 100 Å². The van der Waals surface area contributed by atoms with Gasteiger partial charge in [-0.25, -0.2) is 0 Å². The molecule has 1 N–H and O–H groups in total. The number of alkyl halides is 9. The van der Waals surface area contributed by atoms with Crippen LogP contribution in [0.4, 0.5) is 44.0 Å². The van der Waals surface area contributed by atoms with Gasteiger partial charge in [-0.1, -0.05) is 0 Å². The average molecular weight is 473 g/mol. The molecule has 0 bridgehead atoms. The Labute approximate surface area is 164 Å². The summed E-state index contributed by atoms with van der Waals surface area (Å²) >= 11 is 0. The molecule has 0 radical (unpaired) electrons. The largest absolute Gasteiger partial charge is 0.435 e. The molecule has 0 spiro atoms. The number of aliphatic hydroxyl groups excluding tert-OH is 1. The molecule has 0 amide bonds. The van der Waals surface area contributed by atoms with E-state index in [1.54, 1.807) is 0 Å². The summed E-state index contributed by atoms with van der Waals surface area (Å²) in [5, 5.41) is 8.08. The molecule has 0 aliphatic heterocycles. The second kappa shape index (κ2) is 12.8. The zero-order chi connectivity index (χ0) is 23.5. The maximum absolute atomic E-state index is 13.4. The monoisotopic (exact) mass is 473 g/mol. The van der Waals surface area contributed by atoms with Crippen LogP contribution in [0, 0.1) is 0 Å². The standard InChI is InChI=1S/C14H21F10NO5/c15-12(16,17)11(13(18,19)20,14(21,22)23)30-5-2-25(24)1-4-27-7-9-29-10-8-28-6-3-26/h26H,1-10H2. The minimum Gasteiger partial charge on any atom is -0.394 e. The molecular weight excluding hydrogens is 452 g/mol. The van der Waals surface area contributed by atoms with E-state index in [4.69, 9.17) is 19.3 Å². The van der Waals surface area contributed by atoms with E-state index >= 15 is 0 Å². The second-order valence-electron chi connectivity index (χ2n) is 5.49. The van der Waals surface area contributed by atoms with Gasteiger partial charge in [0.05, 0.1) is 65.9 Å². The molecule has 0 aliphatic rings. The molecule has 0 saturated heterocycles. The summed E-state index contributed by atoms with van der Waals surface area (Å²) in [4.78, 5) is 0. The SMILES string of the molecule is OCCOCCOCCOCCN(F)CCOC(C(F)(F)F)(C(F)(F)F)C(F)(F)F. The van der Waals surface area contributed by atoms with Gasteiger partial charge in [-0.15, -0.1) is 9.60 Å². The maximum Gasteiger partial charge on any atom is 0.435 e. The van der Waals surface area contributed by atoms with Crippen molar-refractivity contribution in [1.29, 1.82) is 0 Å². The molecule has 0 atom stereocenters. The van der Waals surface area contributed by atoms with Crippen LogP contribution in [-0.2, 0) is 18.9 Å². The fraction of sp³-hybridized carbons (Fsp3) is 1.00. The molecule has 0 rings (SSSR count). The van der Waals surface area contributed by atoms with E-state index in [1.165, 1.54) is 0 Å². The minimum atomic E-state index is -6.86. The molecule has 0 unspecified atom stereocenters. The lowest BCUT2D eigenvalue weighted by Crippen LogP contribution is -2.68. The summed E-state index contributed by atoms with van der Waals surface area (Å²) in [6.45, 7) is -3.79. The quantitative estimate of drug-likeness (QED) is 0.224. The number of aliphatic hydroxyl groups is 1. The van der Waals surface area contributed by atoms with Gasteiger partial charge in [0.15, 0.2) is 0 Å². The topological polar surface area (TPSA) is 60.4 Å². The number of hydrogen-bond acceptors (Lipinski definition) is 6. The van der Waals surface area contributed by atoms with Crippen molar-refractivity contribution in [2.75, 3.05) is 65.9 Å². The summed E-state index contributed by atoms with van der Waals surface area (Å²) in [6, 6.07) is 0. The van der Waals surface area contributed by atoms with Crippen molar-refractivity contribution in [3.63, 3.8) is 0 Å². The highest BCUT2D eigenvalue weighted by Crippen LogP contribution is 2.54. The molecule has 30 heavy (non-hydrogen) atoms.